The lowest BCUT2D eigenvalue weighted by molar-refractivity contribution is 0.0694. The van der Waals surface area contributed by atoms with Gasteiger partial charge in [0.15, 0.2) is 0 Å². The van der Waals surface area contributed by atoms with Crippen LogP contribution in [0.2, 0.25) is 0 Å². The summed E-state index contributed by atoms with van der Waals surface area (Å²) in [6, 6.07) is 4.70. The maximum atomic E-state index is 10.9. The van der Waals surface area contributed by atoms with Crippen LogP contribution in [-0.2, 0) is 0 Å². The summed E-state index contributed by atoms with van der Waals surface area (Å²) in [4.78, 5) is 10.9. The van der Waals surface area contributed by atoms with Crippen LogP contribution in [0.3, 0.4) is 0 Å². The minimum Gasteiger partial charge on any atom is -0.478 e. The number of fused-ring (bicyclic) bond motifs is 1. The van der Waals surface area contributed by atoms with Crippen LogP contribution in [-0.4, -0.2) is 37.3 Å². The fourth-order valence-electron chi connectivity index (χ4n) is 2.70. The van der Waals surface area contributed by atoms with E-state index in [-0.39, 0.29) is 11.6 Å². The van der Waals surface area contributed by atoms with Crippen molar-refractivity contribution in [2.24, 2.45) is 0 Å². The van der Waals surface area contributed by atoms with Crippen molar-refractivity contribution in [1.82, 2.24) is 15.0 Å². The van der Waals surface area contributed by atoms with Crippen molar-refractivity contribution >= 4 is 17.0 Å². The van der Waals surface area contributed by atoms with Gasteiger partial charge in [-0.1, -0.05) is 18.1 Å². The standard InChI is InChI=1S/C13H15N3O3/c17-12-4-2-1-3-11(12)16-10-6-5-8(13(18)19)7-9(10)14-15-16/h5-7,11-12,17H,1-4H2,(H,18,19). The Hall–Kier alpha value is -1.95. The molecule has 6 nitrogen and oxygen atoms in total. The topological polar surface area (TPSA) is 88.2 Å². The van der Waals surface area contributed by atoms with Crippen molar-refractivity contribution in [3.63, 3.8) is 0 Å². The molecule has 1 aromatic heterocycles. The average Bonchev–Trinajstić information content (AvgIpc) is 2.82. The highest BCUT2D eigenvalue weighted by Crippen LogP contribution is 2.30. The molecular weight excluding hydrogens is 246 g/mol. The van der Waals surface area contributed by atoms with Crippen LogP contribution in [0, 0.1) is 0 Å². The van der Waals surface area contributed by atoms with E-state index in [0.717, 1.165) is 31.2 Å². The predicted octanol–water partition coefficient (Wildman–Crippen LogP) is 1.61. The number of carbonyl (C=O) groups is 1. The Balaban J connectivity index is 2.03. The zero-order chi connectivity index (χ0) is 13.4. The Kier molecular flexibility index (Phi) is 2.94. The number of aromatic nitrogens is 3. The highest BCUT2D eigenvalue weighted by molar-refractivity contribution is 5.92. The third-order valence-corrected chi connectivity index (χ3v) is 3.73. The van der Waals surface area contributed by atoms with E-state index in [9.17, 15) is 9.90 Å². The zero-order valence-electron chi connectivity index (χ0n) is 10.4. The lowest BCUT2D eigenvalue weighted by Crippen LogP contribution is -2.28. The van der Waals surface area contributed by atoms with E-state index in [0.29, 0.717) is 5.52 Å². The summed E-state index contributed by atoms with van der Waals surface area (Å²) in [7, 11) is 0. The fourth-order valence-corrected chi connectivity index (χ4v) is 2.70. The molecular formula is C13H15N3O3. The van der Waals surface area contributed by atoms with Gasteiger partial charge in [0.1, 0.15) is 5.52 Å². The van der Waals surface area contributed by atoms with Gasteiger partial charge in [0.05, 0.1) is 23.2 Å². The maximum Gasteiger partial charge on any atom is 0.335 e. The molecule has 0 radical (unpaired) electrons. The van der Waals surface area contributed by atoms with Gasteiger partial charge >= 0.3 is 5.97 Å². The summed E-state index contributed by atoms with van der Waals surface area (Å²) >= 11 is 0. The Morgan fingerprint density at radius 3 is 2.84 bits per heavy atom. The summed E-state index contributed by atoms with van der Waals surface area (Å²) in [5.41, 5.74) is 1.53. The molecule has 1 fully saturated rings. The van der Waals surface area contributed by atoms with E-state index in [1.54, 1.807) is 16.8 Å². The SMILES string of the molecule is O=C(O)c1ccc2c(c1)nnn2C1CCCCC1O. The van der Waals surface area contributed by atoms with Crippen LogP contribution < -0.4 is 0 Å². The van der Waals surface area contributed by atoms with Gasteiger partial charge in [-0.2, -0.15) is 0 Å². The molecule has 0 amide bonds. The second-order valence-electron chi connectivity index (χ2n) is 4.96. The largest absolute Gasteiger partial charge is 0.478 e. The van der Waals surface area contributed by atoms with Crippen molar-refractivity contribution < 1.29 is 15.0 Å². The molecule has 2 unspecified atom stereocenters. The summed E-state index contributed by atoms with van der Waals surface area (Å²) in [5, 5.41) is 27.1. The van der Waals surface area contributed by atoms with Crippen LogP contribution in [0.15, 0.2) is 18.2 Å². The number of aliphatic hydroxyl groups is 1. The lowest BCUT2D eigenvalue weighted by Gasteiger charge is -2.27. The molecule has 1 aliphatic carbocycles. The summed E-state index contributed by atoms with van der Waals surface area (Å²) in [5.74, 6) is -0.978. The van der Waals surface area contributed by atoms with Gasteiger partial charge in [-0.25, -0.2) is 9.48 Å². The molecule has 1 aromatic carbocycles. The van der Waals surface area contributed by atoms with Gasteiger partial charge in [0.25, 0.3) is 0 Å². The van der Waals surface area contributed by atoms with E-state index in [1.807, 2.05) is 0 Å². The Morgan fingerprint density at radius 1 is 1.32 bits per heavy atom. The normalized spacial score (nSPS) is 23.6. The molecule has 2 aromatic rings. The summed E-state index contributed by atoms with van der Waals surface area (Å²) in [6.45, 7) is 0. The minimum absolute atomic E-state index is 0.0607. The minimum atomic E-state index is -0.978. The van der Waals surface area contributed by atoms with Crippen LogP contribution in [0.25, 0.3) is 11.0 Å². The Labute approximate surface area is 109 Å². The van der Waals surface area contributed by atoms with Gasteiger partial charge in [-0.15, -0.1) is 5.10 Å². The molecule has 3 rings (SSSR count). The van der Waals surface area contributed by atoms with Crippen LogP contribution >= 0.6 is 0 Å². The first-order valence-corrected chi connectivity index (χ1v) is 6.43. The van der Waals surface area contributed by atoms with E-state index in [1.165, 1.54) is 6.07 Å². The van der Waals surface area contributed by atoms with Crippen LogP contribution in [0.5, 0.6) is 0 Å². The Morgan fingerprint density at radius 2 is 2.11 bits per heavy atom. The first-order valence-electron chi connectivity index (χ1n) is 6.43. The highest BCUT2D eigenvalue weighted by atomic mass is 16.4. The van der Waals surface area contributed by atoms with Gasteiger partial charge in [-0.05, 0) is 31.0 Å². The van der Waals surface area contributed by atoms with Gasteiger partial charge < -0.3 is 10.2 Å². The molecule has 1 heterocycles. The smallest absolute Gasteiger partial charge is 0.335 e. The van der Waals surface area contributed by atoms with Gasteiger partial charge in [0.2, 0.25) is 0 Å². The zero-order valence-corrected chi connectivity index (χ0v) is 10.4. The Bertz CT molecular complexity index is 623. The number of rotatable bonds is 2. The second-order valence-corrected chi connectivity index (χ2v) is 4.96. The average molecular weight is 261 g/mol. The molecule has 0 spiro atoms. The van der Waals surface area contributed by atoms with E-state index in [2.05, 4.69) is 10.3 Å². The third kappa shape index (κ3) is 2.08. The highest BCUT2D eigenvalue weighted by Gasteiger charge is 2.27. The number of hydrogen-bond acceptors (Lipinski definition) is 4. The number of carboxylic acid groups (broad SMARTS) is 1. The maximum absolute atomic E-state index is 10.9. The van der Waals surface area contributed by atoms with Gasteiger partial charge in [0, 0.05) is 0 Å². The summed E-state index contributed by atoms with van der Waals surface area (Å²) in [6.07, 6.45) is 3.35. The first kappa shape index (κ1) is 12.1. The molecule has 0 aliphatic heterocycles. The van der Waals surface area contributed by atoms with Crippen molar-refractivity contribution in [3.8, 4) is 0 Å². The molecule has 1 saturated carbocycles. The second kappa shape index (κ2) is 4.62. The number of aromatic carboxylic acids is 1. The summed E-state index contributed by atoms with van der Waals surface area (Å²) < 4.78 is 1.73. The van der Waals surface area contributed by atoms with Crippen molar-refractivity contribution in [2.75, 3.05) is 0 Å². The number of carboxylic acids is 1. The molecule has 0 saturated heterocycles. The molecule has 0 bridgehead atoms. The van der Waals surface area contributed by atoms with E-state index in [4.69, 9.17) is 5.11 Å². The number of benzene rings is 1. The quantitative estimate of drug-likeness (QED) is 0.857. The molecule has 1 aliphatic rings. The fraction of sp³-hybridized carbons (Fsp3) is 0.462. The number of hydrogen-bond donors (Lipinski definition) is 2. The monoisotopic (exact) mass is 261 g/mol. The van der Waals surface area contributed by atoms with Crippen molar-refractivity contribution in [2.45, 2.75) is 37.8 Å². The van der Waals surface area contributed by atoms with Crippen LogP contribution in [0.1, 0.15) is 42.1 Å². The number of nitrogens with zero attached hydrogens (tertiary/aromatic N) is 3. The molecule has 6 heteroatoms. The van der Waals surface area contributed by atoms with E-state index >= 15 is 0 Å². The lowest BCUT2D eigenvalue weighted by atomic mass is 9.92. The van der Waals surface area contributed by atoms with Crippen molar-refractivity contribution in [1.29, 1.82) is 0 Å². The molecule has 2 atom stereocenters. The predicted molar refractivity (Wildman–Crippen MR) is 68.0 cm³/mol. The molecule has 19 heavy (non-hydrogen) atoms. The molecule has 2 N–H and O–H groups in total. The number of aliphatic hydroxyl groups excluding tert-OH is 1. The third-order valence-electron chi connectivity index (χ3n) is 3.73. The van der Waals surface area contributed by atoms with Crippen LogP contribution in [0.4, 0.5) is 0 Å². The molecule has 100 valence electrons. The van der Waals surface area contributed by atoms with Crippen molar-refractivity contribution in [3.05, 3.63) is 23.8 Å². The van der Waals surface area contributed by atoms with E-state index < -0.39 is 12.1 Å². The first-order chi connectivity index (χ1) is 9.16. The van der Waals surface area contributed by atoms with Gasteiger partial charge in [-0.3, -0.25) is 0 Å².